The summed E-state index contributed by atoms with van der Waals surface area (Å²) in [5, 5.41) is 3.51. The SMILES string of the molecule is CC(C)N(CC(=O)N(C)c1ccccc1)CC1CCCN1. The number of nitrogens with zero attached hydrogens (tertiary/aromatic N) is 2. The number of para-hydroxylation sites is 1. The van der Waals surface area contributed by atoms with Crippen LogP contribution < -0.4 is 10.2 Å². The van der Waals surface area contributed by atoms with E-state index in [1.54, 1.807) is 4.90 Å². The van der Waals surface area contributed by atoms with Gasteiger partial charge in [0.25, 0.3) is 0 Å². The monoisotopic (exact) mass is 289 g/mol. The molecule has 1 heterocycles. The van der Waals surface area contributed by atoms with E-state index in [1.165, 1.54) is 12.8 Å². The molecule has 4 heteroatoms. The van der Waals surface area contributed by atoms with Crippen LogP contribution in [0.5, 0.6) is 0 Å². The largest absolute Gasteiger partial charge is 0.314 e. The van der Waals surface area contributed by atoms with E-state index < -0.39 is 0 Å². The fourth-order valence-electron chi connectivity index (χ4n) is 2.73. The summed E-state index contributed by atoms with van der Waals surface area (Å²) in [6.07, 6.45) is 2.46. The maximum absolute atomic E-state index is 12.5. The average molecular weight is 289 g/mol. The van der Waals surface area contributed by atoms with Crippen molar-refractivity contribution in [2.45, 2.75) is 38.8 Å². The third-order valence-corrected chi connectivity index (χ3v) is 4.20. The number of likely N-dealkylation sites (N-methyl/N-ethyl adjacent to an activating group) is 1. The molecule has 0 radical (unpaired) electrons. The molecule has 1 aromatic rings. The zero-order valence-electron chi connectivity index (χ0n) is 13.4. The second kappa shape index (κ2) is 7.57. The summed E-state index contributed by atoms with van der Waals surface area (Å²) in [7, 11) is 1.85. The van der Waals surface area contributed by atoms with Gasteiger partial charge in [-0.3, -0.25) is 9.69 Å². The first-order valence-electron chi connectivity index (χ1n) is 7.87. The molecule has 2 rings (SSSR count). The van der Waals surface area contributed by atoms with Crippen LogP contribution in [-0.2, 0) is 4.79 Å². The molecule has 0 aliphatic carbocycles. The Morgan fingerprint density at radius 3 is 2.62 bits per heavy atom. The lowest BCUT2D eigenvalue weighted by Crippen LogP contribution is -2.46. The second-order valence-electron chi connectivity index (χ2n) is 6.10. The van der Waals surface area contributed by atoms with E-state index in [1.807, 2.05) is 37.4 Å². The molecule has 4 nitrogen and oxygen atoms in total. The van der Waals surface area contributed by atoms with Crippen LogP contribution in [0.25, 0.3) is 0 Å². The van der Waals surface area contributed by atoms with Gasteiger partial charge in [0.05, 0.1) is 6.54 Å². The molecule has 1 atom stereocenters. The number of nitrogens with one attached hydrogen (secondary N) is 1. The molecule has 1 N–H and O–H groups in total. The van der Waals surface area contributed by atoms with Crippen molar-refractivity contribution < 1.29 is 4.79 Å². The van der Waals surface area contributed by atoms with Crippen molar-refractivity contribution in [3.63, 3.8) is 0 Å². The van der Waals surface area contributed by atoms with Crippen molar-refractivity contribution in [3.05, 3.63) is 30.3 Å². The number of amides is 1. The Hall–Kier alpha value is -1.39. The Labute approximate surface area is 128 Å². The third kappa shape index (κ3) is 4.55. The number of hydrogen-bond acceptors (Lipinski definition) is 3. The summed E-state index contributed by atoms with van der Waals surface area (Å²) >= 11 is 0. The zero-order valence-corrected chi connectivity index (χ0v) is 13.4. The van der Waals surface area contributed by atoms with Crippen molar-refractivity contribution >= 4 is 11.6 Å². The first-order chi connectivity index (χ1) is 10.1. The van der Waals surface area contributed by atoms with Crippen LogP contribution in [0.2, 0.25) is 0 Å². The summed E-state index contributed by atoms with van der Waals surface area (Å²) in [6, 6.07) is 10.7. The molecular weight excluding hydrogens is 262 g/mol. The number of anilines is 1. The van der Waals surface area contributed by atoms with Gasteiger partial charge in [-0.1, -0.05) is 18.2 Å². The lowest BCUT2D eigenvalue weighted by Gasteiger charge is -2.30. The molecule has 1 aromatic carbocycles. The number of carbonyl (C=O) groups is 1. The van der Waals surface area contributed by atoms with Crippen LogP contribution in [0.15, 0.2) is 30.3 Å². The molecule has 0 bridgehead atoms. The minimum absolute atomic E-state index is 0.146. The fourth-order valence-corrected chi connectivity index (χ4v) is 2.73. The van der Waals surface area contributed by atoms with Gasteiger partial charge in [0, 0.05) is 31.4 Å². The predicted molar refractivity (Wildman–Crippen MR) is 87.6 cm³/mol. The van der Waals surface area contributed by atoms with Gasteiger partial charge >= 0.3 is 0 Å². The molecule has 1 aliphatic heterocycles. The van der Waals surface area contributed by atoms with Gasteiger partial charge < -0.3 is 10.2 Å². The van der Waals surface area contributed by atoms with Gasteiger partial charge in [-0.05, 0) is 45.4 Å². The lowest BCUT2D eigenvalue weighted by atomic mass is 10.2. The van der Waals surface area contributed by atoms with E-state index in [-0.39, 0.29) is 5.91 Å². The normalized spacial score (nSPS) is 18.4. The van der Waals surface area contributed by atoms with Crippen molar-refractivity contribution in [1.29, 1.82) is 0 Å². The van der Waals surface area contributed by atoms with Gasteiger partial charge in [-0.15, -0.1) is 0 Å². The highest BCUT2D eigenvalue weighted by Crippen LogP contribution is 2.13. The molecule has 1 saturated heterocycles. The Kier molecular flexibility index (Phi) is 5.76. The molecule has 1 unspecified atom stereocenters. The summed E-state index contributed by atoms with van der Waals surface area (Å²) in [5.41, 5.74) is 0.949. The maximum atomic E-state index is 12.5. The first kappa shape index (κ1) is 16.0. The summed E-state index contributed by atoms with van der Waals surface area (Å²) in [4.78, 5) is 16.5. The summed E-state index contributed by atoms with van der Waals surface area (Å²) in [5.74, 6) is 0.146. The highest BCUT2D eigenvalue weighted by molar-refractivity contribution is 5.94. The first-order valence-corrected chi connectivity index (χ1v) is 7.87. The van der Waals surface area contributed by atoms with E-state index in [2.05, 4.69) is 24.1 Å². The van der Waals surface area contributed by atoms with Crippen LogP contribution in [0, 0.1) is 0 Å². The molecule has 0 saturated carbocycles. The van der Waals surface area contributed by atoms with E-state index >= 15 is 0 Å². The Morgan fingerprint density at radius 1 is 1.33 bits per heavy atom. The molecule has 116 valence electrons. The van der Waals surface area contributed by atoms with Gasteiger partial charge in [0.1, 0.15) is 0 Å². The van der Waals surface area contributed by atoms with Crippen LogP contribution in [0.1, 0.15) is 26.7 Å². The van der Waals surface area contributed by atoms with E-state index in [0.717, 1.165) is 18.8 Å². The number of rotatable bonds is 6. The minimum Gasteiger partial charge on any atom is -0.314 e. The standard InChI is InChI=1S/C17H27N3O/c1-14(2)20(12-15-8-7-11-18-15)13-17(21)19(3)16-9-5-4-6-10-16/h4-6,9-10,14-15,18H,7-8,11-13H2,1-3H3. The lowest BCUT2D eigenvalue weighted by molar-refractivity contribution is -0.120. The summed E-state index contributed by atoms with van der Waals surface area (Å²) < 4.78 is 0. The third-order valence-electron chi connectivity index (χ3n) is 4.20. The highest BCUT2D eigenvalue weighted by atomic mass is 16.2. The highest BCUT2D eigenvalue weighted by Gasteiger charge is 2.23. The van der Waals surface area contributed by atoms with Crippen molar-refractivity contribution in [3.8, 4) is 0 Å². The Morgan fingerprint density at radius 2 is 2.05 bits per heavy atom. The van der Waals surface area contributed by atoms with Crippen LogP contribution in [0.4, 0.5) is 5.69 Å². The Balaban J connectivity index is 1.94. The molecule has 21 heavy (non-hydrogen) atoms. The van der Waals surface area contributed by atoms with Crippen molar-refractivity contribution in [2.24, 2.45) is 0 Å². The van der Waals surface area contributed by atoms with Gasteiger partial charge in [-0.25, -0.2) is 0 Å². The second-order valence-corrected chi connectivity index (χ2v) is 6.10. The maximum Gasteiger partial charge on any atom is 0.240 e. The number of benzene rings is 1. The van der Waals surface area contributed by atoms with Crippen molar-refractivity contribution in [1.82, 2.24) is 10.2 Å². The molecule has 1 aliphatic rings. The minimum atomic E-state index is 0.146. The van der Waals surface area contributed by atoms with Crippen LogP contribution in [0.3, 0.4) is 0 Å². The van der Waals surface area contributed by atoms with Crippen molar-refractivity contribution in [2.75, 3.05) is 31.6 Å². The Bertz CT molecular complexity index is 441. The summed E-state index contributed by atoms with van der Waals surface area (Å²) in [6.45, 7) is 6.84. The van der Waals surface area contributed by atoms with E-state index in [4.69, 9.17) is 0 Å². The molecular formula is C17H27N3O. The molecule has 0 spiro atoms. The van der Waals surface area contributed by atoms with Crippen LogP contribution in [-0.4, -0.2) is 49.6 Å². The molecule has 1 fully saturated rings. The number of hydrogen-bond donors (Lipinski definition) is 1. The van der Waals surface area contributed by atoms with Gasteiger partial charge in [-0.2, -0.15) is 0 Å². The zero-order chi connectivity index (χ0) is 15.2. The molecule has 0 aromatic heterocycles. The average Bonchev–Trinajstić information content (AvgIpc) is 2.99. The topological polar surface area (TPSA) is 35.6 Å². The van der Waals surface area contributed by atoms with Gasteiger partial charge in [0.15, 0.2) is 0 Å². The quantitative estimate of drug-likeness (QED) is 0.871. The fraction of sp³-hybridized carbons (Fsp3) is 0.588. The number of carbonyl (C=O) groups excluding carboxylic acids is 1. The van der Waals surface area contributed by atoms with Crippen LogP contribution >= 0.6 is 0 Å². The van der Waals surface area contributed by atoms with Gasteiger partial charge in [0.2, 0.25) is 5.91 Å². The van der Waals surface area contributed by atoms with E-state index in [9.17, 15) is 4.79 Å². The molecule has 1 amide bonds. The smallest absolute Gasteiger partial charge is 0.240 e. The van der Waals surface area contributed by atoms with E-state index in [0.29, 0.717) is 18.6 Å². The predicted octanol–water partition coefficient (Wildman–Crippen LogP) is 2.11.